The van der Waals surface area contributed by atoms with Crippen molar-refractivity contribution in [3.63, 3.8) is 0 Å². The Balaban J connectivity index is 0.00000625. The van der Waals surface area contributed by atoms with E-state index in [2.05, 4.69) is 34.9 Å². The maximum atomic E-state index is 12.0. The van der Waals surface area contributed by atoms with E-state index in [0.29, 0.717) is 0 Å². The van der Waals surface area contributed by atoms with Gasteiger partial charge in [-0.05, 0) is 55.9 Å². The summed E-state index contributed by atoms with van der Waals surface area (Å²) in [7, 11) is 3.55. The van der Waals surface area contributed by atoms with Gasteiger partial charge in [0.25, 0.3) is 5.91 Å². The molecule has 0 fully saturated rings. The molecule has 0 radical (unpaired) electrons. The monoisotopic (exact) mass is 492 g/mol. The second kappa shape index (κ2) is 15.1. The average Bonchev–Trinajstić information content (AvgIpc) is 2.61. The van der Waals surface area contributed by atoms with E-state index in [1.807, 2.05) is 30.0 Å². The smallest absolute Gasteiger partial charge is 0.253 e. The van der Waals surface area contributed by atoms with Crippen LogP contribution in [0.5, 0.6) is 0 Å². The van der Waals surface area contributed by atoms with Gasteiger partial charge in [0, 0.05) is 39.3 Å². The van der Waals surface area contributed by atoms with Crippen LogP contribution in [0.1, 0.15) is 35.7 Å². The molecule has 0 atom stereocenters. The fraction of sp³-hybridized carbons (Fsp3) is 0.579. The van der Waals surface area contributed by atoms with Gasteiger partial charge in [0.15, 0.2) is 5.96 Å². The first-order valence-corrected chi connectivity index (χ1v) is 10.3. The maximum Gasteiger partial charge on any atom is 0.253 e. The van der Waals surface area contributed by atoms with Gasteiger partial charge < -0.3 is 15.5 Å². The van der Waals surface area contributed by atoms with Crippen molar-refractivity contribution in [2.45, 2.75) is 26.2 Å². The number of thioether (sulfide) groups is 1. The normalized spacial score (nSPS) is 10.8. The number of benzene rings is 1. The number of unbranched alkanes of at least 4 members (excludes halogenated alkanes) is 1. The number of nitrogens with one attached hydrogen (secondary N) is 2. The number of amides is 1. The predicted molar refractivity (Wildman–Crippen MR) is 125 cm³/mol. The summed E-state index contributed by atoms with van der Waals surface area (Å²) in [5.41, 5.74) is 1.88. The van der Waals surface area contributed by atoms with Gasteiger partial charge in [0.1, 0.15) is 0 Å². The van der Waals surface area contributed by atoms with E-state index in [1.165, 1.54) is 12.2 Å². The first-order chi connectivity index (χ1) is 12.1. The van der Waals surface area contributed by atoms with Crippen LogP contribution in [0.4, 0.5) is 0 Å². The molecule has 0 spiro atoms. The fourth-order valence-corrected chi connectivity index (χ4v) is 2.83. The standard InChI is InChI=1S/C19H32N4OS.HI/c1-5-20-19(21-12-6-7-14-25-4)22-13-11-16-9-8-10-17(15-16)18(24)23(2)3;/h8-10,15H,5-7,11-14H2,1-4H3,(H2,20,21,22);1H. The van der Waals surface area contributed by atoms with Crippen molar-refractivity contribution in [1.29, 1.82) is 0 Å². The molecule has 1 amide bonds. The van der Waals surface area contributed by atoms with Gasteiger partial charge in [0.2, 0.25) is 0 Å². The van der Waals surface area contributed by atoms with Crippen LogP contribution < -0.4 is 10.6 Å². The summed E-state index contributed by atoms with van der Waals surface area (Å²) in [6.07, 6.45) is 5.31. The summed E-state index contributed by atoms with van der Waals surface area (Å²) in [5, 5.41) is 6.65. The molecular weight excluding hydrogens is 459 g/mol. The summed E-state index contributed by atoms with van der Waals surface area (Å²) < 4.78 is 0. The second-order valence-electron chi connectivity index (χ2n) is 6.04. The quantitative estimate of drug-likeness (QED) is 0.228. The van der Waals surface area contributed by atoms with Gasteiger partial charge in [-0.1, -0.05) is 12.1 Å². The van der Waals surface area contributed by atoms with Gasteiger partial charge in [-0.15, -0.1) is 24.0 Å². The minimum absolute atomic E-state index is 0. The number of hydrogen-bond donors (Lipinski definition) is 2. The zero-order chi connectivity index (χ0) is 18.5. The zero-order valence-electron chi connectivity index (χ0n) is 16.4. The van der Waals surface area contributed by atoms with E-state index in [0.717, 1.165) is 49.6 Å². The molecule has 0 unspecified atom stereocenters. The number of guanidine groups is 1. The molecule has 148 valence electrons. The highest BCUT2D eigenvalue weighted by molar-refractivity contribution is 14.0. The van der Waals surface area contributed by atoms with Crippen molar-refractivity contribution in [2.24, 2.45) is 4.99 Å². The van der Waals surface area contributed by atoms with E-state index in [-0.39, 0.29) is 29.9 Å². The third-order valence-corrected chi connectivity index (χ3v) is 4.35. The Morgan fingerprint density at radius 2 is 2.00 bits per heavy atom. The number of halogens is 1. The first-order valence-electron chi connectivity index (χ1n) is 8.90. The molecule has 0 saturated carbocycles. The van der Waals surface area contributed by atoms with Gasteiger partial charge in [0.05, 0.1) is 0 Å². The van der Waals surface area contributed by atoms with Crippen LogP contribution in [0.15, 0.2) is 29.3 Å². The van der Waals surface area contributed by atoms with Gasteiger partial charge in [-0.3, -0.25) is 9.79 Å². The van der Waals surface area contributed by atoms with Gasteiger partial charge in [-0.25, -0.2) is 0 Å². The van der Waals surface area contributed by atoms with E-state index >= 15 is 0 Å². The van der Waals surface area contributed by atoms with Crippen LogP contribution in [0.2, 0.25) is 0 Å². The Labute approximate surface area is 179 Å². The van der Waals surface area contributed by atoms with E-state index in [1.54, 1.807) is 19.0 Å². The highest BCUT2D eigenvalue weighted by Crippen LogP contribution is 2.07. The lowest BCUT2D eigenvalue weighted by Gasteiger charge is -2.13. The molecule has 5 nitrogen and oxygen atoms in total. The number of aliphatic imine (C=N–C) groups is 1. The summed E-state index contributed by atoms with van der Waals surface area (Å²) >= 11 is 1.88. The van der Waals surface area contributed by atoms with Crippen LogP contribution in [-0.4, -0.2) is 62.5 Å². The fourth-order valence-electron chi connectivity index (χ4n) is 2.33. The largest absolute Gasteiger partial charge is 0.357 e. The highest BCUT2D eigenvalue weighted by Gasteiger charge is 2.08. The molecule has 0 bridgehead atoms. The van der Waals surface area contributed by atoms with Crippen molar-refractivity contribution >= 4 is 47.6 Å². The van der Waals surface area contributed by atoms with Crippen molar-refractivity contribution in [1.82, 2.24) is 15.5 Å². The second-order valence-corrected chi connectivity index (χ2v) is 7.02. The molecule has 0 heterocycles. The van der Waals surface area contributed by atoms with Crippen LogP contribution in [0.25, 0.3) is 0 Å². The molecule has 0 aliphatic heterocycles. The molecule has 1 rings (SSSR count). The maximum absolute atomic E-state index is 12.0. The lowest BCUT2D eigenvalue weighted by Crippen LogP contribution is -2.38. The Bertz CT molecular complexity index is 552. The van der Waals surface area contributed by atoms with Crippen molar-refractivity contribution < 1.29 is 4.79 Å². The Morgan fingerprint density at radius 3 is 2.65 bits per heavy atom. The predicted octanol–water partition coefficient (Wildman–Crippen LogP) is 3.25. The minimum atomic E-state index is 0. The van der Waals surface area contributed by atoms with E-state index in [4.69, 9.17) is 0 Å². The molecule has 1 aromatic carbocycles. The molecule has 2 N–H and O–H groups in total. The lowest BCUT2D eigenvalue weighted by atomic mass is 10.1. The molecular formula is C19H33IN4OS. The molecule has 0 aliphatic rings. The number of rotatable bonds is 10. The van der Waals surface area contributed by atoms with Crippen LogP contribution >= 0.6 is 35.7 Å². The summed E-state index contributed by atoms with van der Waals surface area (Å²) in [5.74, 6) is 2.10. The summed E-state index contributed by atoms with van der Waals surface area (Å²) in [6.45, 7) is 4.56. The van der Waals surface area contributed by atoms with Crippen molar-refractivity contribution in [3.8, 4) is 0 Å². The number of carbonyl (C=O) groups excluding carboxylic acids is 1. The first kappa shape index (κ1) is 25.0. The number of nitrogens with zero attached hydrogens (tertiary/aromatic N) is 2. The van der Waals surface area contributed by atoms with Gasteiger partial charge >= 0.3 is 0 Å². The molecule has 0 aromatic heterocycles. The highest BCUT2D eigenvalue weighted by atomic mass is 127. The Morgan fingerprint density at radius 1 is 1.23 bits per heavy atom. The minimum Gasteiger partial charge on any atom is -0.357 e. The van der Waals surface area contributed by atoms with E-state index in [9.17, 15) is 4.79 Å². The van der Waals surface area contributed by atoms with Crippen molar-refractivity contribution in [3.05, 3.63) is 35.4 Å². The zero-order valence-corrected chi connectivity index (χ0v) is 19.5. The average molecular weight is 492 g/mol. The lowest BCUT2D eigenvalue weighted by molar-refractivity contribution is 0.0827. The molecule has 0 aliphatic carbocycles. The topological polar surface area (TPSA) is 56.7 Å². The SMILES string of the molecule is CCNC(=NCCCCSC)NCCc1cccc(C(=O)N(C)C)c1.I. The molecule has 0 saturated heterocycles. The summed E-state index contributed by atoms with van der Waals surface area (Å²) in [4.78, 5) is 18.2. The summed E-state index contributed by atoms with van der Waals surface area (Å²) in [6, 6.07) is 7.83. The third kappa shape index (κ3) is 10.3. The molecule has 7 heteroatoms. The van der Waals surface area contributed by atoms with Crippen molar-refractivity contribution in [2.75, 3.05) is 45.7 Å². The Kier molecular flexibility index (Phi) is 14.6. The Hall–Kier alpha value is -0.960. The third-order valence-electron chi connectivity index (χ3n) is 3.66. The van der Waals surface area contributed by atoms with E-state index < -0.39 is 0 Å². The number of hydrogen-bond acceptors (Lipinski definition) is 3. The molecule has 1 aromatic rings. The number of carbonyl (C=O) groups is 1. The van der Waals surface area contributed by atoms with Crippen LogP contribution in [0.3, 0.4) is 0 Å². The van der Waals surface area contributed by atoms with Crippen LogP contribution in [-0.2, 0) is 6.42 Å². The van der Waals surface area contributed by atoms with Crippen LogP contribution in [0, 0.1) is 0 Å². The molecule has 26 heavy (non-hydrogen) atoms. The van der Waals surface area contributed by atoms with Gasteiger partial charge in [-0.2, -0.15) is 11.8 Å².